The first-order valence-corrected chi connectivity index (χ1v) is 8.16. The summed E-state index contributed by atoms with van der Waals surface area (Å²) >= 11 is 2.08. The van der Waals surface area contributed by atoms with Crippen molar-refractivity contribution in [2.75, 3.05) is 24.6 Å². The SMILES string of the molecule is CC[C@H]1CN(Cc2nc(N)c3ccccc3n2)CCS1. The van der Waals surface area contributed by atoms with Crippen LogP contribution in [0.2, 0.25) is 0 Å². The van der Waals surface area contributed by atoms with Crippen molar-refractivity contribution in [2.45, 2.75) is 25.1 Å². The summed E-state index contributed by atoms with van der Waals surface area (Å²) in [7, 11) is 0. The van der Waals surface area contributed by atoms with Gasteiger partial charge in [-0.15, -0.1) is 0 Å². The van der Waals surface area contributed by atoms with Crippen molar-refractivity contribution in [1.29, 1.82) is 0 Å². The molecule has 0 saturated carbocycles. The van der Waals surface area contributed by atoms with Crippen LogP contribution in [0.1, 0.15) is 19.2 Å². The van der Waals surface area contributed by atoms with E-state index >= 15 is 0 Å². The van der Waals surface area contributed by atoms with Crippen LogP contribution in [0.25, 0.3) is 10.9 Å². The molecule has 0 aliphatic carbocycles. The number of nitrogen functional groups attached to an aromatic ring is 1. The average Bonchev–Trinajstić information content (AvgIpc) is 2.47. The lowest BCUT2D eigenvalue weighted by molar-refractivity contribution is 0.267. The smallest absolute Gasteiger partial charge is 0.145 e. The summed E-state index contributed by atoms with van der Waals surface area (Å²) in [6.45, 7) is 5.28. The second-order valence-corrected chi connectivity index (χ2v) is 6.59. The zero-order valence-corrected chi connectivity index (χ0v) is 12.6. The van der Waals surface area contributed by atoms with Crippen molar-refractivity contribution in [3.63, 3.8) is 0 Å². The Morgan fingerprint density at radius 3 is 3.05 bits per heavy atom. The maximum absolute atomic E-state index is 6.04. The maximum Gasteiger partial charge on any atom is 0.145 e. The van der Waals surface area contributed by atoms with E-state index in [4.69, 9.17) is 5.73 Å². The first-order valence-electron chi connectivity index (χ1n) is 7.11. The fourth-order valence-corrected chi connectivity index (χ4v) is 3.84. The van der Waals surface area contributed by atoms with Gasteiger partial charge in [0.15, 0.2) is 0 Å². The Hall–Kier alpha value is -1.33. The van der Waals surface area contributed by atoms with E-state index in [0.29, 0.717) is 5.82 Å². The van der Waals surface area contributed by atoms with Crippen LogP contribution in [0.4, 0.5) is 5.82 Å². The van der Waals surface area contributed by atoms with Crippen LogP contribution in [0.15, 0.2) is 24.3 Å². The third kappa shape index (κ3) is 2.88. The Morgan fingerprint density at radius 2 is 2.20 bits per heavy atom. The second-order valence-electron chi connectivity index (χ2n) is 5.18. The van der Waals surface area contributed by atoms with E-state index in [9.17, 15) is 0 Å². The number of thioether (sulfide) groups is 1. The van der Waals surface area contributed by atoms with E-state index in [1.54, 1.807) is 0 Å². The van der Waals surface area contributed by atoms with Crippen LogP contribution in [-0.4, -0.2) is 39.0 Å². The van der Waals surface area contributed by atoms with E-state index in [0.717, 1.165) is 41.6 Å². The molecule has 1 aromatic heterocycles. The fraction of sp³-hybridized carbons (Fsp3) is 0.467. The molecule has 1 saturated heterocycles. The first kappa shape index (κ1) is 13.6. The molecule has 1 aromatic carbocycles. The van der Waals surface area contributed by atoms with Gasteiger partial charge in [-0.1, -0.05) is 19.1 Å². The van der Waals surface area contributed by atoms with Crippen LogP contribution >= 0.6 is 11.8 Å². The van der Waals surface area contributed by atoms with Crippen LogP contribution in [0.3, 0.4) is 0 Å². The minimum Gasteiger partial charge on any atom is -0.383 e. The zero-order chi connectivity index (χ0) is 13.9. The molecule has 20 heavy (non-hydrogen) atoms. The zero-order valence-electron chi connectivity index (χ0n) is 11.7. The fourth-order valence-electron chi connectivity index (χ4n) is 2.59. The molecule has 1 aliphatic rings. The van der Waals surface area contributed by atoms with Crippen molar-refractivity contribution in [2.24, 2.45) is 0 Å². The van der Waals surface area contributed by atoms with Gasteiger partial charge in [-0.2, -0.15) is 11.8 Å². The lowest BCUT2D eigenvalue weighted by Gasteiger charge is -2.31. The predicted octanol–water partition coefficient (Wildman–Crippen LogP) is 2.54. The molecule has 1 aliphatic heterocycles. The molecule has 3 rings (SSSR count). The summed E-state index contributed by atoms with van der Waals surface area (Å²) in [5.74, 6) is 2.62. The molecule has 4 nitrogen and oxygen atoms in total. The number of nitrogens with two attached hydrogens (primary N) is 1. The Kier molecular flexibility index (Phi) is 4.08. The van der Waals surface area contributed by atoms with Gasteiger partial charge in [0.2, 0.25) is 0 Å². The number of para-hydroxylation sites is 1. The summed E-state index contributed by atoms with van der Waals surface area (Å²) in [5, 5.41) is 1.68. The molecule has 0 spiro atoms. The number of nitrogens with zero attached hydrogens (tertiary/aromatic N) is 3. The number of hydrogen-bond donors (Lipinski definition) is 1. The number of fused-ring (bicyclic) bond motifs is 1. The summed E-state index contributed by atoms with van der Waals surface area (Å²) in [4.78, 5) is 11.5. The molecular formula is C15H20N4S. The molecule has 1 atom stereocenters. The number of hydrogen-bond acceptors (Lipinski definition) is 5. The molecule has 2 N–H and O–H groups in total. The molecule has 2 heterocycles. The molecule has 106 valence electrons. The normalized spacial score (nSPS) is 20.4. The minimum absolute atomic E-state index is 0.587. The summed E-state index contributed by atoms with van der Waals surface area (Å²) < 4.78 is 0. The number of anilines is 1. The van der Waals surface area contributed by atoms with Gasteiger partial charge in [0.25, 0.3) is 0 Å². The third-order valence-corrected chi connectivity index (χ3v) is 5.09. The van der Waals surface area contributed by atoms with Crippen molar-refractivity contribution in [3.05, 3.63) is 30.1 Å². The maximum atomic E-state index is 6.04. The van der Waals surface area contributed by atoms with Gasteiger partial charge in [0.1, 0.15) is 11.6 Å². The minimum atomic E-state index is 0.587. The van der Waals surface area contributed by atoms with Gasteiger partial charge >= 0.3 is 0 Å². The van der Waals surface area contributed by atoms with Gasteiger partial charge in [-0.3, -0.25) is 4.90 Å². The summed E-state index contributed by atoms with van der Waals surface area (Å²) in [6, 6.07) is 7.93. The monoisotopic (exact) mass is 288 g/mol. The number of benzene rings is 1. The predicted molar refractivity (Wildman–Crippen MR) is 85.8 cm³/mol. The highest BCUT2D eigenvalue weighted by Gasteiger charge is 2.20. The molecule has 2 aromatic rings. The number of rotatable bonds is 3. The van der Waals surface area contributed by atoms with Gasteiger partial charge in [0, 0.05) is 29.5 Å². The third-order valence-electron chi connectivity index (χ3n) is 3.72. The van der Waals surface area contributed by atoms with Gasteiger partial charge in [-0.25, -0.2) is 9.97 Å². The van der Waals surface area contributed by atoms with Crippen molar-refractivity contribution < 1.29 is 0 Å². The van der Waals surface area contributed by atoms with Gasteiger partial charge < -0.3 is 5.73 Å². The van der Waals surface area contributed by atoms with Crippen molar-refractivity contribution in [1.82, 2.24) is 14.9 Å². The highest BCUT2D eigenvalue weighted by atomic mass is 32.2. The van der Waals surface area contributed by atoms with Crippen LogP contribution in [-0.2, 0) is 6.54 Å². The van der Waals surface area contributed by atoms with Crippen LogP contribution in [0.5, 0.6) is 0 Å². The van der Waals surface area contributed by atoms with E-state index in [1.165, 1.54) is 12.2 Å². The van der Waals surface area contributed by atoms with Crippen molar-refractivity contribution in [3.8, 4) is 0 Å². The van der Waals surface area contributed by atoms with Gasteiger partial charge in [0.05, 0.1) is 12.1 Å². The molecule has 1 fully saturated rings. The topological polar surface area (TPSA) is 55.0 Å². The largest absolute Gasteiger partial charge is 0.383 e. The molecule has 0 bridgehead atoms. The van der Waals surface area contributed by atoms with E-state index in [-0.39, 0.29) is 0 Å². The quantitative estimate of drug-likeness (QED) is 0.940. The highest BCUT2D eigenvalue weighted by Crippen LogP contribution is 2.23. The molecule has 0 radical (unpaired) electrons. The van der Waals surface area contributed by atoms with Crippen molar-refractivity contribution >= 4 is 28.5 Å². The molecule has 0 unspecified atom stereocenters. The average molecular weight is 288 g/mol. The first-order chi connectivity index (χ1) is 9.76. The van der Waals surface area contributed by atoms with Gasteiger partial charge in [-0.05, 0) is 18.6 Å². The Balaban J connectivity index is 1.80. The second kappa shape index (κ2) is 5.97. The molecular weight excluding hydrogens is 268 g/mol. The van der Waals surface area contributed by atoms with E-state index in [1.807, 2.05) is 24.3 Å². The van der Waals surface area contributed by atoms with E-state index < -0.39 is 0 Å². The lowest BCUT2D eigenvalue weighted by Crippen LogP contribution is -2.37. The highest BCUT2D eigenvalue weighted by molar-refractivity contribution is 8.00. The van der Waals surface area contributed by atoms with E-state index in [2.05, 4.69) is 33.6 Å². The standard InChI is InChI=1S/C15H20N4S/c1-2-11-9-19(7-8-20-11)10-14-17-13-6-4-3-5-12(13)15(16)18-14/h3-6,11H,2,7-10H2,1H3,(H2,16,17,18)/t11-/m0/s1. The van der Waals surface area contributed by atoms with Crippen LogP contribution in [0, 0.1) is 0 Å². The Labute approximate surface area is 123 Å². The molecule has 0 amide bonds. The Morgan fingerprint density at radius 1 is 1.35 bits per heavy atom. The molecule has 5 heteroatoms. The summed E-state index contributed by atoms with van der Waals surface area (Å²) in [6.07, 6.45) is 1.22. The summed E-state index contributed by atoms with van der Waals surface area (Å²) in [5.41, 5.74) is 6.98. The Bertz CT molecular complexity index is 601. The number of aromatic nitrogens is 2. The van der Waals surface area contributed by atoms with Crippen LogP contribution < -0.4 is 5.73 Å². The lowest BCUT2D eigenvalue weighted by atomic mass is 10.2.